The van der Waals surface area contributed by atoms with Crippen LogP contribution in [-0.2, 0) is 9.53 Å². The summed E-state index contributed by atoms with van der Waals surface area (Å²) >= 11 is 1.74. The van der Waals surface area contributed by atoms with Crippen LogP contribution >= 0.6 is 11.8 Å². The van der Waals surface area contributed by atoms with Gasteiger partial charge in [0.1, 0.15) is 5.54 Å². The smallest absolute Gasteiger partial charge is 0.327 e. The van der Waals surface area contributed by atoms with E-state index in [-0.39, 0.29) is 5.97 Å². The second kappa shape index (κ2) is 6.84. The number of esters is 1. The molecule has 1 aliphatic rings. The summed E-state index contributed by atoms with van der Waals surface area (Å²) in [5.74, 6) is 1.01. The maximum atomic E-state index is 12.3. The predicted molar refractivity (Wildman–Crippen MR) is 87.8 cm³/mol. The van der Waals surface area contributed by atoms with Gasteiger partial charge in [-0.2, -0.15) is 0 Å². The molecular weight excluding hydrogens is 282 g/mol. The molecule has 21 heavy (non-hydrogen) atoms. The molecule has 116 valence electrons. The lowest BCUT2D eigenvalue weighted by Gasteiger charge is -2.31. The maximum Gasteiger partial charge on any atom is 0.327 e. The molecule has 2 rings (SSSR count). The molecule has 0 spiro atoms. The van der Waals surface area contributed by atoms with Crippen LogP contribution in [0.1, 0.15) is 30.9 Å². The van der Waals surface area contributed by atoms with Crippen LogP contribution < -0.4 is 5.32 Å². The Morgan fingerprint density at radius 1 is 1.38 bits per heavy atom. The molecule has 1 fully saturated rings. The molecule has 1 aromatic rings. The number of likely N-dealkylation sites (N-methyl/N-ethyl adjacent to an activating group) is 1. The predicted octanol–water partition coefficient (Wildman–Crippen LogP) is 3.33. The summed E-state index contributed by atoms with van der Waals surface area (Å²) in [6.07, 6.45) is 2.21. The van der Waals surface area contributed by atoms with E-state index in [9.17, 15) is 4.79 Å². The maximum absolute atomic E-state index is 12.3. The number of rotatable bonds is 7. The van der Waals surface area contributed by atoms with Crippen molar-refractivity contribution in [3.63, 3.8) is 0 Å². The first-order valence-corrected chi connectivity index (χ1v) is 8.55. The zero-order valence-electron chi connectivity index (χ0n) is 13.4. The lowest BCUT2D eigenvalue weighted by Crippen LogP contribution is -2.56. The first-order chi connectivity index (χ1) is 10.0. The number of benzene rings is 1. The topological polar surface area (TPSA) is 38.3 Å². The molecule has 1 N–H and O–H groups in total. The number of hydrogen-bond donors (Lipinski definition) is 1. The third-order valence-electron chi connectivity index (χ3n) is 4.26. The lowest BCUT2D eigenvalue weighted by molar-refractivity contribution is -0.148. The molecule has 0 heterocycles. The fraction of sp³-hybridized carbons (Fsp3) is 0.588. The van der Waals surface area contributed by atoms with Crippen LogP contribution in [0.4, 0.5) is 0 Å². The average molecular weight is 307 g/mol. The van der Waals surface area contributed by atoms with Crippen LogP contribution in [0.5, 0.6) is 0 Å². The Bertz CT molecular complexity index is 514. The van der Waals surface area contributed by atoms with Crippen LogP contribution in [0.15, 0.2) is 23.1 Å². The van der Waals surface area contributed by atoms with Gasteiger partial charge in [-0.1, -0.05) is 13.0 Å². The Kier molecular flexibility index (Phi) is 5.33. The standard InChI is InChI=1S/C17H25NO2S/c1-5-18-17(14-7-8-14,16(19)20-4)11-21-15-9-6-12(2)13(3)10-15/h6,9-10,14,18H,5,7-8,11H2,1-4H3. The van der Waals surface area contributed by atoms with Crippen molar-refractivity contribution < 1.29 is 9.53 Å². The first kappa shape index (κ1) is 16.4. The molecule has 0 aliphatic heterocycles. The van der Waals surface area contributed by atoms with Gasteiger partial charge in [-0.25, -0.2) is 0 Å². The highest BCUT2D eigenvalue weighted by Crippen LogP contribution is 2.43. The number of carbonyl (C=O) groups is 1. The van der Waals surface area contributed by atoms with E-state index in [0.29, 0.717) is 5.92 Å². The van der Waals surface area contributed by atoms with E-state index in [1.54, 1.807) is 11.8 Å². The molecule has 0 amide bonds. The summed E-state index contributed by atoms with van der Waals surface area (Å²) in [5, 5.41) is 3.41. The number of ether oxygens (including phenoxy) is 1. The van der Waals surface area contributed by atoms with E-state index < -0.39 is 5.54 Å². The largest absolute Gasteiger partial charge is 0.468 e. The molecule has 1 atom stereocenters. The summed E-state index contributed by atoms with van der Waals surface area (Å²) < 4.78 is 5.09. The van der Waals surface area contributed by atoms with Gasteiger partial charge in [0.05, 0.1) is 7.11 Å². The van der Waals surface area contributed by atoms with E-state index >= 15 is 0 Å². The third kappa shape index (κ3) is 3.61. The minimum atomic E-state index is -0.535. The van der Waals surface area contributed by atoms with Crippen LogP contribution in [-0.4, -0.2) is 30.9 Å². The van der Waals surface area contributed by atoms with Crippen molar-refractivity contribution in [1.82, 2.24) is 5.32 Å². The molecule has 4 heteroatoms. The fourth-order valence-corrected chi connectivity index (χ4v) is 3.96. The summed E-state index contributed by atoms with van der Waals surface area (Å²) in [4.78, 5) is 13.6. The minimum Gasteiger partial charge on any atom is -0.468 e. The van der Waals surface area contributed by atoms with Crippen molar-refractivity contribution in [2.24, 2.45) is 5.92 Å². The van der Waals surface area contributed by atoms with Crippen molar-refractivity contribution >= 4 is 17.7 Å². The zero-order chi connectivity index (χ0) is 15.5. The minimum absolute atomic E-state index is 0.122. The third-order valence-corrected chi connectivity index (χ3v) is 5.45. The Morgan fingerprint density at radius 3 is 2.62 bits per heavy atom. The van der Waals surface area contributed by atoms with Gasteiger partial charge >= 0.3 is 5.97 Å². The number of aryl methyl sites for hydroxylation is 2. The molecule has 1 unspecified atom stereocenters. The molecule has 0 bridgehead atoms. The van der Waals surface area contributed by atoms with Crippen LogP contribution in [0.25, 0.3) is 0 Å². The molecular formula is C17H25NO2S. The normalized spacial score (nSPS) is 17.3. The Morgan fingerprint density at radius 2 is 2.10 bits per heavy atom. The Hall–Kier alpha value is -1.00. The molecule has 1 aromatic carbocycles. The number of thioether (sulfide) groups is 1. The summed E-state index contributed by atoms with van der Waals surface area (Å²) in [5.41, 5.74) is 2.05. The SMILES string of the molecule is CCNC(CSc1ccc(C)c(C)c1)(C(=O)OC)C1CC1. The van der Waals surface area contributed by atoms with Crippen molar-refractivity contribution in [2.45, 2.75) is 44.0 Å². The van der Waals surface area contributed by atoms with Gasteiger partial charge in [-0.3, -0.25) is 4.79 Å². The molecule has 3 nitrogen and oxygen atoms in total. The van der Waals surface area contributed by atoms with Gasteiger partial charge in [0.25, 0.3) is 0 Å². The van der Waals surface area contributed by atoms with Gasteiger partial charge < -0.3 is 10.1 Å². The van der Waals surface area contributed by atoms with Crippen LogP contribution in [0, 0.1) is 19.8 Å². The van der Waals surface area contributed by atoms with Gasteiger partial charge in [0.2, 0.25) is 0 Å². The van der Waals surface area contributed by atoms with Gasteiger partial charge in [-0.15, -0.1) is 11.8 Å². The number of hydrogen-bond acceptors (Lipinski definition) is 4. The van der Waals surface area contributed by atoms with Gasteiger partial charge in [0.15, 0.2) is 0 Å². The van der Waals surface area contributed by atoms with E-state index in [1.807, 2.05) is 6.92 Å². The van der Waals surface area contributed by atoms with Crippen molar-refractivity contribution in [2.75, 3.05) is 19.4 Å². The van der Waals surface area contributed by atoms with E-state index in [2.05, 4.69) is 37.4 Å². The molecule has 1 saturated carbocycles. The van der Waals surface area contributed by atoms with Gasteiger partial charge in [0, 0.05) is 10.6 Å². The highest BCUT2D eigenvalue weighted by atomic mass is 32.2. The second-order valence-corrected chi connectivity index (χ2v) is 6.85. The number of methoxy groups -OCH3 is 1. The van der Waals surface area contributed by atoms with Crippen LogP contribution in [0.2, 0.25) is 0 Å². The Labute approximate surface area is 131 Å². The fourth-order valence-electron chi connectivity index (χ4n) is 2.69. The monoisotopic (exact) mass is 307 g/mol. The van der Waals surface area contributed by atoms with Gasteiger partial charge in [-0.05, 0) is 62.4 Å². The second-order valence-electron chi connectivity index (χ2n) is 5.80. The Balaban J connectivity index is 2.14. The highest BCUT2D eigenvalue weighted by molar-refractivity contribution is 7.99. The zero-order valence-corrected chi connectivity index (χ0v) is 14.2. The quantitative estimate of drug-likeness (QED) is 0.619. The summed E-state index contributed by atoms with van der Waals surface area (Å²) in [7, 11) is 1.48. The number of nitrogens with one attached hydrogen (secondary N) is 1. The summed E-state index contributed by atoms with van der Waals surface area (Å²) in [6, 6.07) is 6.47. The highest BCUT2D eigenvalue weighted by Gasteiger charge is 2.51. The molecule has 0 aromatic heterocycles. The lowest BCUT2D eigenvalue weighted by atomic mass is 9.95. The van der Waals surface area contributed by atoms with Crippen LogP contribution in [0.3, 0.4) is 0 Å². The molecule has 0 saturated heterocycles. The van der Waals surface area contributed by atoms with Crippen molar-refractivity contribution in [3.05, 3.63) is 29.3 Å². The first-order valence-electron chi connectivity index (χ1n) is 7.57. The van der Waals surface area contributed by atoms with Crippen molar-refractivity contribution in [1.29, 1.82) is 0 Å². The van der Waals surface area contributed by atoms with E-state index in [0.717, 1.165) is 25.1 Å². The van der Waals surface area contributed by atoms with E-state index in [4.69, 9.17) is 4.74 Å². The summed E-state index contributed by atoms with van der Waals surface area (Å²) in [6.45, 7) is 7.06. The number of carbonyl (C=O) groups excluding carboxylic acids is 1. The molecule has 0 radical (unpaired) electrons. The van der Waals surface area contributed by atoms with Crippen molar-refractivity contribution in [3.8, 4) is 0 Å². The average Bonchev–Trinajstić information content (AvgIpc) is 3.31. The molecule has 1 aliphatic carbocycles. The van der Waals surface area contributed by atoms with E-state index in [1.165, 1.54) is 23.1 Å².